The van der Waals surface area contributed by atoms with Crippen molar-refractivity contribution in [3.05, 3.63) is 11.1 Å². The lowest BCUT2D eigenvalue weighted by Crippen LogP contribution is -2.26. The first-order valence-corrected chi connectivity index (χ1v) is 7.74. The SMILES string of the molecule is C/C1=C(\C)C(C)(C)CC(C)CCC(C)CC1(C)C. The van der Waals surface area contributed by atoms with E-state index in [0.717, 1.165) is 11.8 Å². The first-order valence-electron chi connectivity index (χ1n) is 7.74. The second-order valence-electron chi connectivity index (χ2n) is 8.21. The zero-order valence-electron chi connectivity index (χ0n) is 14.0. The molecule has 1 aliphatic rings. The van der Waals surface area contributed by atoms with Gasteiger partial charge in [0.25, 0.3) is 0 Å². The quantitative estimate of drug-likeness (QED) is 0.448. The minimum absolute atomic E-state index is 0.362. The van der Waals surface area contributed by atoms with Crippen molar-refractivity contribution in [3.63, 3.8) is 0 Å². The highest BCUT2D eigenvalue weighted by atomic mass is 14.4. The third kappa shape index (κ3) is 3.62. The van der Waals surface area contributed by atoms with E-state index < -0.39 is 0 Å². The lowest BCUT2D eigenvalue weighted by atomic mass is 9.67. The van der Waals surface area contributed by atoms with Crippen molar-refractivity contribution in [3.8, 4) is 0 Å². The average molecular weight is 250 g/mol. The summed E-state index contributed by atoms with van der Waals surface area (Å²) >= 11 is 0. The summed E-state index contributed by atoms with van der Waals surface area (Å²) < 4.78 is 0. The minimum atomic E-state index is 0.362. The van der Waals surface area contributed by atoms with Crippen molar-refractivity contribution in [2.45, 2.75) is 81.1 Å². The molecule has 0 radical (unpaired) electrons. The molecule has 0 amide bonds. The Bertz CT molecular complexity index is 285. The smallest absolute Gasteiger partial charge is 0.0142 e. The van der Waals surface area contributed by atoms with E-state index in [-0.39, 0.29) is 0 Å². The van der Waals surface area contributed by atoms with Crippen LogP contribution in [-0.4, -0.2) is 0 Å². The average Bonchev–Trinajstić information content (AvgIpc) is 2.22. The van der Waals surface area contributed by atoms with Gasteiger partial charge in [-0.25, -0.2) is 0 Å². The van der Waals surface area contributed by atoms with Crippen LogP contribution in [-0.2, 0) is 0 Å². The van der Waals surface area contributed by atoms with Gasteiger partial charge in [-0.05, 0) is 49.4 Å². The maximum absolute atomic E-state index is 2.43. The van der Waals surface area contributed by atoms with Gasteiger partial charge in [0, 0.05) is 0 Å². The second-order valence-corrected chi connectivity index (χ2v) is 8.21. The van der Waals surface area contributed by atoms with E-state index in [4.69, 9.17) is 0 Å². The van der Waals surface area contributed by atoms with Crippen LogP contribution in [0.1, 0.15) is 81.1 Å². The summed E-state index contributed by atoms with van der Waals surface area (Å²) in [5.74, 6) is 1.71. The van der Waals surface area contributed by atoms with Crippen molar-refractivity contribution >= 4 is 0 Å². The molecule has 0 heterocycles. The fourth-order valence-electron chi connectivity index (χ4n) is 3.84. The highest BCUT2D eigenvalue weighted by Gasteiger charge is 2.32. The van der Waals surface area contributed by atoms with E-state index in [1.165, 1.54) is 25.7 Å². The molecule has 0 aliphatic heterocycles. The van der Waals surface area contributed by atoms with E-state index in [9.17, 15) is 0 Å². The van der Waals surface area contributed by atoms with Gasteiger partial charge < -0.3 is 0 Å². The molecule has 106 valence electrons. The van der Waals surface area contributed by atoms with Crippen molar-refractivity contribution in [2.24, 2.45) is 22.7 Å². The lowest BCUT2D eigenvalue weighted by Gasteiger charge is -2.39. The van der Waals surface area contributed by atoms with Crippen molar-refractivity contribution in [1.82, 2.24) is 0 Å². The minimum Gasteiger partial charge on any atom is -0.0682 e. The number of hydrogen-bond donors (Lipinski definition) is 0. The lowest BCUT2D eigenvalue weighted by molar-refractivity contribution is 0.246. The van der Waals surface area contributed by atoms with Gasteiger partial charge in [0.1, 0.15) is 0 Å². The molecule has 0 aromatic rings. The molecule has 2 atom stereocenters. The predicted molar refractivity (Wildman–Crippen MR) is 82.7 cm³/mol. The highest BCUT2D eigenvalue weighted by molar-refractivity contribution is 5.23. The van der Waals surface area contributed by atoms with Crippen LogP contribution in [0.3, 0.4) is 0 Å². The Hall–Kier alpha value is -0.260. The summed E-state index contributed by atoms with van der Waals surface area (Å²) in [6, 6.07) is 0. The van der Waals surface area contributed by atoms with Gasteiger partial charge in [0.05, 0.1) is 0 Å². The van der Waals surface area contributed by atoms with Gasteiger partial charge in [-0.1, -0.05) is 65.5 Å². The Labute approximate surface area is 115 Å². The van der Waals surface area contributed by atoms with Gasteiger partial charge in [0.15, 0.2) is 0 Å². The molecule has 0 heteroatoms. The van der Waals surface area contributed by atoms with Crippen molar-refractivity contribution < 1.29 is 0 Å². The highest BCUT2D eigenvalue weighted by Crippen LogP contribution is 2.45. The normalized spacial score (nSPS) is 37.3. The third-order valence-corrected chi connectivity index (χ3v) is 5.46. The molecule has 0 aromatic carbocycles. The number of allylic oxidation sites excluding steroid dienone is 2. The van der Waals surface area contributed by atoms with Crippen LogP contribution in [0.4, 0.5) is 0 Å². The van der Waals surface area contributed by atoms with Crippen LogP contribution in [0.2, 0.25) is 0 Å². The van der Waals surface area contributed by atoms with E-state index in [0.29, 0.717) is 10.8 Å². The Morgan fingerprint density at radius 3 is 1.28 bits per heavy atom. The summed E-state index contributed by atoms with van der Waals surface area (Å²) in [6.45, 7) is 19.3. The molecule has 0 saturated carbocycles. The number of hydrogen-bond acceptors (Lipinski definition) is 0. The van der Waals surface area contributed by atoms with E-state index >= 15 is 0 Å². The molecule has 0 saturated heterocycles. The van der Waals surface area contributed by atoms with Gasteiger partial charge in [0.2, 0.25) is 0 Å². The largest absolute Gasteiger partial charge is 0.0682 e. The molecule has 0 fully saturated rings. The fourth-order valence-corrected chi connectivity index (χ4v) is 3.84. The summed E-state index contributed by atoms with van der Waals surface area (Å²) in [4.78, 5) is 0. The Balaban J connectivity index is 3.16. The summed E-state index contributed by atoms with van der Waals surface area (Å²) in [6.07, 6.45) is 5.46. The molecule has 0 bridgehead atoms. The van der Waals surface area contributed by atoms with E-state index in [2.05, 4.69) is 55.4 Å². The summed E-state index contributed by atoms with van der Waals surface area (Å²) in [7, 11) is 0. The van der Waals surface area contributed by atoms with Crippen LogP contribution in [0.5, 0.6) is 0 Å². The molecule has 18 heavy (non-hydrogen) atoms. The van der Waals surface area contributed by atoms with Gasteiger partial charge in [-0.3, -0.25) is 0 Å². The van der Waals surface area contributed by atoms with Crippen LogP contribution < -0.4 is 0 Å². The standard InChI is InChI=1S/C18H34/c1-13-9-10-14(2)12-18(7,8)16(4)15(3)17(5,6)11-13/h13-14H,9-12H2,1-8H3/b16-15-. The summed E-state index contributed by atoms with van der Waals surface area (Å²) in [5.41, 5.74) is 3.99. The van der Waals surface area contributed by atoms with Crippen LogP contribution >= 0.6 is 0 Å². The molecule has 0 spiro atoms. The first-order chi connectivity index (χ1) is 8.06. The zero-order chi connectivity index (χ0) is 14.1. The molecule has 0 N–H and O–H groups in total. The van der Waals surface area contributed by atoms with E-state index in [1.54, 1.807) is 11.1 Å². The Morgan fingerprint density at radius 1 is 0.722 bits per heavy atom. The molecule has 1 rings (SSSR count). The fraction of sp³-hybridized carbons (Fsp3) is 0.889. The topological polar surface area (TPSA) is 0 Å². The van der Waals surface area contributed by atoms with Crippen molar-refractivity contribution in [2.75, 3.05) is 0 Å². The predicted octanol–water partition coefficient (Wildman–Crippen LogP) is 6.22. The Morgan fingerprint density at radius 2 is 1.00 bits per heavy atom. The maximum Gasteiger partial charge on any atom is -0.0142 e. The molecule has 0 aromatic heterocycles. The molecular weight excluding hydrogens is 216 g/mol. The maximum atomic E-state index is 2.43. The third-order valence-electron chi connectivity index (χ3n) is 5.46. The molecule has 2 unspecified atom stereocenters. The van der Waals surface area contributed by atoms with E-state index in [1.807, 2.05) is 0 Å². The first kappa shape index (κ1) is 15.8. The van der Waals surface area contributed by atoms with Gasteiger partial charge in [-0.2, -0.15) is 0 Å². The van der Waals surface area contributed by atoms with Crippen LogP contribution in [0.25, 0.3) is 0 Å². The summed E-state index contributed by atoms with van der Waals surface area (Å²) in [5, 5.41) is 0. The van der Waals surface area contributed by atoms with Crippen LogP contribution in [0.15, 0.2) is 11.1 Å². The monoisotopic (exact) mass is 250 g/mol. The molecular formula is C18H34. The molecule has 0 nitrogen and oxygen atoms in total. The van der Waals surface area contributed by atoms with Gasteiger partial charge in [-0.15, -0.1) is 0 Å². The van der Waals surface area contributed by atoms with Gasteiger partial charge >= 0.3 is 0 Å². The zero-order valence-corrected chi connectivity index (χ0v) is 14.0. The van der Waals surface area contributed by atoms with Crippen LogP contribution in [0, 0.1) is 22.7 Å². The number of rotatable bonds is 0. The Kier molecular flexibility index (Phi) is 4.73. The second kappa shape index (κ2) is 5.39. The molecule has 1 aliphatic carbocycles. The van der Waals surface area contributed by atoms with Crippen molar-refractivity contribution in [1.29, 1.82) is 0 Å².